The predicted octanol–water partition coefficient (Wildman–Crippen LogP) is 1.29. The van der Waals surface area contributed by atoms with Gasteiger partial charge >= 0.3 is 12.2 Å². The molecule has 0 saturated carbocycles. The van der Waals surface area contributed by atoms with Crippen LogP contribution in [0.3, 0.4) is 0 Å². The van der Waals surface area contributed by atoms with Crippen molar-refractivity contribution in [3.8, 4) is 11.5 Å². The molecule has 2 aromatic rings. The average molecular weight is 304 g/mol. The van der Waals surface area contributed by atoms with Crippen LogP contribution in [0, 0.1) is 0 Å². The molecule has 0 fully saturated rings. The van der Waals surface area contributed by atoms with Crippen LogP contribution in [0.5, 0.6) is 0 Å². The third-order valence-corrected chi connectivity index (χ3v) is 2.33. The topological polar surface area (TPSA) is 128 Å². The van der Waals surface area contributed by atoms with Gasteiger partial charge in [0.25, 0.3) is 0 Å². The highest BCUT2D eigenvalue weighted by Gasteiger charge is 2.13. The van der Waals surface area contributed by atoms with Crippen molar-refractivity contribution in [1.29, 1.82) is 0 Å². The molecule has 22 heavy (non-hydrogen) atoms. The van der Waals surface area contributed by atoms with Gasteiger partial charge in [0.05, 0.1) is 14.2 Å². The molecule has 2 rings (SSSR count). The fraction of sp³-hybridized carbons (Fsp3) is 0.167. The van der Waals surface area contributed by atoms with E-state index in [1.165, 1.54) is 14.2 Å². The lowest BCUT2D eigenvalue weighted by Gasteiger charge is -2.07. The van der Waals surface area contributed by atoms with Crippen LogP contribution in [0.15, 0.2) is 24.4 Å². The Hall–Kier alpha value is -3.30. The van der Waals surface area contributed by atoms with Crippen molar-refractivity contribution in [2.75, 3.05) is 24.9 Å². The van der Waals surface area contributed by atoms with Gasteiger partial charge in [-0.2, -0.15) is 15.0 Å². The number of carbonyl (C=O) groups excluding carboxylic acids is 2. The lowest BCUT2D eigenvalue weighted by atomic mass is 10.3. The van der Waals surface area contributed by atoms with E-state index < -0.39 is 12.2 Å². The normalized spacial score (nSPS) is 9.73. The minimum atomic E-state index is -0.762. The van der Waals surface area contributed by atoms with E-state index in [9.17, 15) is 9.59 Å². The first kappa shape index (κ1) is 15.1. The summed E-state index contributed by atoms with van der Waals surface area (Å²) in [6, 6.07) is 5.14. The van der Waals surface area contributed by atoms with Crippen molar-refractivity contribution in [2.45, 2.75) is 0 Å². The first-order chi connectivity index (χ1) is 10.6. The Morgan fingerprint density at radius 3 is 2.00 bits per heavy atom. The highest BCUT2D eigenvalue weighted by Crippen LogP contribution is 2.15. The standard InChI is InChI=1S/C12H12N6O4/c1-21-11(19)17-9-14-8(7-5-3-4-6-13-7)15-10(16-9)18-12(20)22-2/h3-6H,1-2H3,(H2,14,15,16,17,18,19,20). The third kappa shape index (κ3) is 3.85. The van der Waals surface area contributed by atoms with Crippen LogP contribution in [0.1, 0.15) is 0 Å². The molecule has 0 aliphatic rings. The van der Waals surface area contributed by atoms with Crippen LogP contribution in [0.25, 0.3) is 11.5 Å². The smallest absolute Gasteiger partial charge is 0.413 e. The summed E-state index contributed by atoms with van der Waals surface area (Å²) in [7, 11) is 2.40. The van der Waals surface area contributed by atoms with Gasteiger partial charge in [0.1, 0.15) is 5.69 Å². The number of aromatic nitrogens is 4. The third-order valence-electron chi connectivity index (χ3n) is 2.33. The molecule has 0 radical (unpaired) electrons. The van der Waals surface area contributed by atoms with Crippen molar-refractivity contribution in [1.82, 2.24) is 19.9 Å². The second kappa shape index (κ2) is 6.92. The van der Waals surface area contributed by atoms with Crippen LogP contribution in [-0.4, -0.2) is 46.3 Å². The summed E-state index contributed by atoms with van der Waals surface area (Å²) in [6.07, 6.45) is 0.0318. The van der Waals surface area contributed by atoms with Crippen LogP contribution < -0.4 is 10.6 Å². The van der Waals surface area contributed by atoms with E-state index in [1.807, 2.05) is 0 Å². The molecule has 114 valence electrons. The molecule has 2 N–H and O–H groups in total. The zero-order chi connectivity index (χ0) is 15.9. The van der Waals surface area contributed by atoms with Crippen LogP contribution in [-0.2, 0) is 9.47 Å². The van der Waals surface area contributed by atoms with Crippen LogP contribution >= 0.6 is 0 Å². The van der Waals surface area contributed by atoms with E-state index in [4.69, 9.17) is 0 Å². The lowest BCUT2D eigenvalue weighted by Crippen LogP contribution is -2.18. The van der Waals surface area contributed by atoms with E-state index >= 15 is 0 Å². The Bertz CT molecular complexity index is 642. The van der Waals surface area contributed by atoms with Crippen molar-refractivity contribution in [3.63, 3.8) is 0 Å². The van der Waals surface area contributed by atoms with E-state index in [2.05, 4.69) is 40.0 Å². The zero-order valence-electron chi connectivity index (χ0n) is 11.7. The molecular weight excluding hydrogens is 292 g/mol. The number of anilines is 2. The summed E-state index contributed by atoms with van der Waals surface area (Å²) in [6.45, 7) is 0. The summed E-state index contributed by atoms with van der Waals surface area (Å²) < 4.78 is 8.93. The Labute approximate surface area is 124 Å². The molecular formula is C12H12N6O4. The molecule has 2 heterocycles. The molecule has 0 spiro atoms. The number of hydrogen-bond acceptors (Lipinski definition) is 8. The summed E-state index contributed by atoms with van der Waals surface area (Å²) >= 11 is 0. The maximum Gasteiger partial charge on any atom is 0.413 e. The Morgan fingerprint density at radius 1 is 0.955 bits per heavy atom. The van der Waals surface area contributed by atoms with Crippen molar-refractivity contribution in [2.24, 2.45) is 0 Å². The predicted molar refractivity (Wildman–Crippen MR) is 75.1 cm³/mol. The Kier molecular flexibility index (Phi) is 4.75. The van der Waals surface area contributed by atoms with Gasteiger partial charge in [0, 0.05) is 6.20 Å². The number of rotatable bonds is 3. The van der Waals surface area contributed by atoms with Gasteiger partial charge in [-0.25, -0.2) is 9.59 Å². The molecule has 0 aliphatic heterocycles. The molecule has 10 nitrogen and oxygen atoms in total. The maximum atomic E-state index is 11.3. The second-order valence-electron chi connectivity index (χ2n) is 3.75. The number of pyridine rings is 1. The van der Waals surface area contributed by atoms with Gasteiger partial charge in [-0.05, 0) is 12.1 Å². The summed E-state index contributed by atoms with van der Waals surface area (Å²) in [4.78, 5) is 38.5. The Morgan fingerprint density at radius 2 is 1.55 bits per heavy atom. The number of nitrogens with zero attached hydrogens (tertiary/aromatic N) is 4. The molecule has 2 amide bonds. The monoisotopic (exact) mass is 304 g/mol. The fourth-order valence-electron chi connectivity index (χ4n) is 1.38. The number of ether oxygens (including phenoxy) is 2. The minimum absolute atomic E-state index is 0.103. The van der Waals surface area contributed by atoms with Crippen molar-refractivity contribution < 1.29 is 19.1 Å². The zero-order valence-corrected chi connectivity index (χ0v) is 11.7. The number of amides is 2. The van der Waals surface area contributed by atoms with Crippen molar-refractivity contribution >= 4 is 24.1 Å². The SMILES string of the molecule is COC(=O)Nc1nc(NC(=O)OC)nc(-c2ccccn2)n1. The first-order valence-corrected chi connectivity index (χ1v) is 6.00. The number of carbonyl (C=O) groups is 2. The molecule has 0 unspecified atom stereocenters. The summed E-state index contributed by atoms with van der Waals surface area (Å²) in [5.74, 6) is -0.0452. The van der Waals surface area contributed by atoms with E-state index in [-0.39, 0.29) is 17.7 Å². The molecule has 0 atom stereocenters. The van der Waals surface area contributed by atoms with Gasteiger partial charge in [-0.15, -0.1) is 0 Å². The van der Waals surface area contributed by atoms with Crippen LogP contribution in [0.4, 0.5) is 21.5 Å². The van der Waals surface area contributed by atoms with Crippen molar-refractivity contribution in [3.05, 3.63) is 24.4 Å². The number of nitrogens with one attached hydrogen (secondary N) is 2. The first-order valence-electron chi connectivity index (χ1n) is 6.00. The van der Waals surface area contributed by atoms with E-state index in [1.54, 1.807) is 24.4 Å². The summed E-state index contributed by atoms with van der Waals surface area (Å²) in [5.41, 5.74) is 0.436. The van der Waals surface area contributed by atoms with Gasteiger partial charge in [-0.1, -0.05) is 6.07 Å². The van der Waals surface area contributed by atoms with E-state index in [0.717, 1.165) is 0 Å². The van der Waals surface area contributed by atoms with Gasteiger partial charge < -0.3 is 9.47 Å². The Balaban J connectivity index is 2.39. The highest BCUT2D eigenvalue weighted by atomic mass is 16.5. The van der Waals surface area contributed by atoms with Gasteiger partial charge in [0.2, 0.25) is 11.9 Å². The van der Waals surface area contributed by atoms with Gasteiger partial charge in [0.15, 0.2) is 5.82 Å². The summed E-state index contributed by atoms with van der Waals surface area (Å²) in [5, 5.41) is 4.58. The lowest BCUT2D eigenvalue weighted by molar-refractivity contribution is 0.186. The van der Waals surface area contributed by atoms with E-state index in [0.29, 0.717) is 5.69 Å². The quantitative estimate of drug-likeness (QED) is 0.868. The van der Waals surface area contributed by atoms with Crippen LogP contribution in [0.2, 0.25) is 0 Å². The number of methoxy groups -OCH3 is 2. The highest BCUT2D eigenvalue weighted by molar-refractivity contribution is 5.84. The molecule has 0 aliphatic carbocycles. The molecule has 0 aromatic carbocycles. The fourth-order valence-corrected chi connectivity index (χ4v) is 1.38. The van der Waals surface area contributed by atoms with Gasteiger partial charge in [-0.3, -0.25) is 15.6 Å². The largest absolute Gasteiger partial charge is 0.453 e. The average Bonchev–Trinajstić information content (AvgIpc) is 2.55. The maximum absolute atomic E-state index is 11.3. The molecule has 0 saturated heterocycles. The molecule has 10 heteroatoms. The second-order valence-corrected chi connectivity index (χ2v) is 3.75. The molecule has 0 bridgehead atoms. The minimum Gasteiger partial charge on any atom is -0.453 e. The number of hydrogen-bond donors (Lipinski definition) is 2. The molecule has 2 aromatic heterocycles.